The van der Waals surface area contributed by atoms with Crippen molar-refractivity contribution in [3.63, 3.8) is 0 Å². The third-order valence-corrected chi connectivity index (χ3v) is 3.40. The number of hydrogen-bond donors (Lipinski definition) is 0. The number of aromatic nitrogens is 4. The van der Waals surface area contributed by atoms with Gasteiger partial charge in [-0.05, 0) is 25.5 Å². The first-order chi connectivity index (χ1) is 11.7. The Hall–Kier alpha value is -2.82. The second-order valence-corrected chi connectivity index (χ2v) is 5.47. The highest BCUT2D eigenvalue weighted by Gasteiger charge is 2.09. The molecule has 5 heteroatoms. The lowest BCUT2D eigenvalue weighted by Gasteiger charge is -2.00. The number of tetrazole rings is 1. The molecule has 24 heavy (non-hydrogen) atoms. The van der Waals surface area contributed by atoms with Crippen molar-refractivity contribution in [1.29, 1.82) is 0 Å². The van der Waals surface area contributed by atoms with Gasteiger partial charge in [0, 0.05) is 12.0 Å². The van der Waals surface area contributed by atoms with Crippen LogP contribution < -0.4 is 0 Å². The van der Waals surface area contributed by atoms with Crippen LogP contribution in [0.1, 0.15) is 26.7 Å². The van der Waals surface area contributed by atoms with E-state index in [2.05, 4.69) is 15.4 Å². The first-order valence-electron chi connectivity index (χ1n) is 7.99. The number of carbonyl (C=O) groups is 1. The van der Waals surface area contributed by atoms with Gasteiger partial charge in [-0.1, -0.05) is 66.3 Å². The monoisotopic (exact) mass is 322 g/mol. The van der Waals surface area contributed by atoms with Crippen LogP contribution in [-0.2, 0) is 11.3 Å². The van der Waals surface area contributed by atoms with E-state index in [1.807, 2.05) is 74.6 Å². The van der Waals surface area contributed by atoms with Crippen LogP contribution in [-0.4, -0.2) is 26.0 Å². The van der Waals surface area contributed by atoms with E-state index in [0.29, 0.717) is 12.2 Å². The molecule has 2 aromatic rings. The van der Waals surface area contributed by atoms with Crippen molar-refractivity contribution in [3.8, 4) is 11.4 Å². The number of Topliss-reactive ketones (excluding diaryl/α,β-unsaturated/α-hetero) is 1. The Morgan fingerprint density at radius 1 is 1.12 bits per heavy atom. The zero-order chi connectivity index (χ0) is 17.2. The van der Waals surface area contributed by atoms with Crippen molar-refractivity contribution in [2.24, 2.45) is 0 Å². The van der Waals surface area contributed by atoms with Crippen LogP contribution in [0.2, 0.25) is 0 Å². The number of benzene rings is 1. The van der Waals surface area contributed by atoms with Gasteiger partial charge < -0.3 is 0 Å². The van der Waals surface area contributed by atoms with Gasteiger partial charge in [0.15, 0.2) is 5.78 Å². The molecule has 0 aliphatic heterocycles. The summed E-state index contributed by atoms with van der Waals surface area (Å²) in [4.78, 5) is 13.4. The van der Waals surface area contributed by atoms with Crippen molar-refractivity contribution >= 4 is 5.78 Å². The molecule has 0 bridgehead atoms. The largest absolute Gasteiger partial charge is 0.298 e. The molecule has 124 valence electrons. The molecule has 0 aliphatic rings. The Balaban J connectivity index is 1.84. The number of ketones is 1. The van der Waals surface area contributed by atoms with Gasteiger partial charge in [0.2, 0.25) is 5.82 Å². The van der Waals surface area contributed by atoms with E-state index in [4.69, 9.17) is 0 Å². The molecule has 2 rings (SSSR count). The molecule has 1 heterocycles. The zero-order valence-corrected chi connectivity index (χ0v) is 14.1. The molecule has 0 radical (unpaired) electrons. The molecule has 0 fully saturated rings. The van der Waals surface area contributed by atoms with Gasteiger partial charge in [-0.25, -0.2) is 0 Å². The third kappa shape index (κ3) is 5.76. The minimum atomic E-state index is 0.0946. The fourth-order valence-corrected chi connectivity index (χ4v) is 2.06. The first-order valence-corrected chi connectivity index (χ1v) is 7.99. The molecule has 0 saturated heterocycles. The normalized spacial score (nSPS) is 12.3. The molecule has 1 aromatic carbocycles. The number of nitrogens with zero attached hydrogens (tertiary/aromatic N) is 4. The minimum absolute atomic E-state index is 0.0946. The summed E-state index contributed by atoms with van der Waals surface area (Å²) in [6.07, 6.45) is 11.1. The maximum Gasteiger partial charge on any atom is 0.204 e. The molecular formula is C19H22N4O. The Bertz CT molecular complexity index is 742. The quantitative estimate of drug-likeness (QED) is 0.694. The van der Waals surface area contributed by atoms with Crippen molar-refractivity contribution in [2.75, 3.05) is 0 Å². The lowest BCUT2D eigenvalue weighted by atomic mass is 10.1. The van der Waals surface area contributed by atoms with Crippen LogP contribution in [0.15, 0.2) is 66.3 Å². The average Bonchev–Trinajstić information content (AvgIpc) is 3.06. The molecule has 0 atom stereocenters. The summed E-state index contributed by atoms with van der Waals surface area (Å²) in [6, 6.07) is 9.60. The highest BCUT2D eigenvalue weighted by molar-refractivity contribution is 5.78. The van der Waals surface area contributed by atoms with Crippen LogP contribution in [0.3, 0.4) is 0 Å². The topological polar surface area (TPSA) is 60.7 Å². The van der Waals surface area contributed by atoms with Crippen molar-refractivity contribution in [1.82, 2.24) is 20.2 Å². The van der Waals surface area contributed by atoms with Gasteiger partial charge in [-0.15, -0.1) is 10.2 Å². The Kier molecular flexibility index (Phi) is 6.83. The van der Waals surface area contributed by atoms with E-state index in [0.717, 1.165) is 12.0 Å². The average molecular weight is 322 g/mol. The SMILES string of the molecule is C\C=C/C=C\C=C(/C)CCC(=O)Cn1nnc(-c2ccccc2)n1. The van der Waals surface area contributed by atoms with E-state index in [-0.39, 0.29) is 12.3 Å². The summed E-state index contributed by atoms with van der Waals surface area (Å²) in [6.45, 7) is 4.15. The molecule has 0 spiro atoms. The third-order valence-electron chi connectivity index (χ3n) is 3.40. The standard InChI is InChI=1S/C19H22N4O/c1-3-4-5-7-10-16(2)13-14-18(24)15-23-21-19(20-22-23)17-11-8-6-9-12-17/h3-12H,13-15H2,1-2H3/b4-3-,7-5-,16-10+. The number of rotatable bonds is 8. The predicted octanol–water partition coefficient (Wildman–Crippen LogP) is 3.77. The van der Waals surface area contributed by atoms with Gasteiger partial charge in [0.05, 0.1) is 0 Å². The van der Waals surface area contributed by atoms with Crippen LogP contribution in [0.4, 0.5) is 0 Å². The summed E-state index contributed by atoms with van der Waals surface area (Å²) < 4.78 is 0. The van der Waals surface area contributed by atoms with E-state index in [9.17, 15) is 4.79 Å². The summed E-state index contributed by atoms with van der Waals surface area (Å²) in [7, 11) is 0. The second kappa shape index (κ2) is 9.35. The van der Waals surface area contributed by atoms with E-state index >= 15 is 0 Å². The fraction of sp³-hybridized carbons (Fsp3) is 0.263. The van der Waals surface area contributed by atoms with Crippen molar-refractivity contribution < 1.29 is 4.79 Å². The maximum atomic E-state index is 12.1. The van der Waals surface area contributed by atoms with E-state index < -0.39 is 0 Å². The van der Waals surface area contributed by atoms with Gasteiger partial charge in [0.25, 0.3) is 0 Å². The maximum absolute atomic E-state index is 12.1. The highest BCUT2D eigenvalue weighted by Crippen LogP contribution is 2.12. The summed E-state index contributed by atoms with van der Waals surface area (Å²) >= 11 is 0. The van der Waals surface area contributed by atoms with Gasteiger partial charge in [-0.2, -0.15) is 4.80 Å². The van der Waals surface area contributed by atoms with Crippen LogP contribution in [0.25, 0.3) is 11.4 Å². The van der Waals surface area contributed by atoms with Crippen LogP contribution in [0.5, 0.6) is 0 Å². The van der Waals surface area contributed by atoms with Gasteiger partial charge in [0.1, 0.15) is 6.54 Å². The van der Waals surface area contributed by atoms with Gasteiger partial charge in [-0.3, -0.25) is 4.79 Å². The highest BCUT2D eigenvalue weighted by atomic mass is 16.1. The summed E-state index contributed by atoms with van der Waals surface area (Å²) in [5.74, 6) is 0.630. The molecular weight excluding hydrogens is 300 g/mol. The molecule has 0 amide bonds. The number of allylic oxidation sites excluding steroid dienone is 6. The summed E-state index contributed by atoms with van der Waals surface area (Å²) in [5, 5.41) is 12.2. The molecule has 5 nitrogen and oxygen atoms in total. The van der Waals surface area contributed by atoms with E-state index in [1.54, 1.807) is 0 Å². The minimum Gasteiger partial charge on any atom is -0.298 e. The fourth-order valence-electron chi connectivity index (χ4n) is 2.06. The second-order valence-electron chi connectivity index (χ2n) is 5.47. The predicted molar refractivity (Wildman–Crippen MR) is 95.2 cm³/mol. The Labute approximate surface area is 142 Å². The van der Waals surface area contributed by atoms with Crippen LogP contribution in [0, 0.1) is 0 Å². The molecule has 0 unspecified atom stereocenters. The van der Waals surface area contributed by atoms with Gasteiger partial charge >= 0.3 is 0 Å². The van der Waals surface area contributed by atoms with E-state index in [1.165, 1.54) is 10.4 Å². The Morgan fingerprint density at radius 2 is 1.92 bits per heavy atom. The molecule has 1 aromatic heterocycles. The zero-order valence-electron chi connectivity index (χ0n) is 14.1. The first kappa shape index (κ1) is 17.5. The smallest absolute Gasteiger partial charge is 0.204 e. The Morgan fingerprint density at radius 3 is 2.67 bits per heavy atom. The van der Waals surface area contributed by atoms with Crippen molar-refractivity contribution in [2.45, 2.75) is 33.2 Å². The molecule has 0 N–H and O–H groups in total. The molecule has 0 aliphatic carbocycles. The molecule has 0 saturated carbocycles. The number of hydrogen-bond acceptors (Lipinski definition) is 4. The lowest BCUT2D eigenvalue weighted by molar-refractivity contribution is -0.120. The summed E-state index contributed by atoms with van der Waals surface area (Å²) in [5.41, 5.74) is 2.06. The number of carbonyl (C=O) groups excluding carboxylic acids is 1. The lowest BCUT2D eigenvalue weighted by Crippen LogP contribution is -2.12. The van der Waals surface area contributed by atoms with Crippen LogP contribution >= 0.6 is 0 Å². The van der Waals surface area contributed by atoms with Crippen molar-refractivity contribution in [3.05, 3.63) is 66.3 Å².